The Hall–Kier alpha value is -1.96. The number of hydrogen-bond acceptors (Lipinski definition) is 4. The second-order valence-corrected chi connectivity index (χ2v) is 7.99. The number of nitrogens with zero attached hydrogens (tertiary/aromatic N) is 1. The first-order valence-electron chi connectivity index (χ1n) is 7.09. The summed E-state index contributed by atoms with van der Waals surface area (Å²) in [5, 5.41) is 3.24. The molecule has 0 fully saturated rings. The van der Waals surface area contributed by atoms with Gasteiger partial charge in [0.15, 0.2) is 6.61 Å². The summed E-state index contributed by atoms with van der Waals surface area (Å²) in [6.07, 6.45) is 1.11. The number of sulfonamides is 1. The number of benzene rings is 2. The summed E-state index contributed by atoms with van der Waals surface area (Å²) in [4.78, 5) is 12.0. The van der Waals surface area contributed by atoms with Crippen LogP contribution in [0.3, 0.4) is 0 Å². The molecule has 6 nitrogen and oxygen atoms in total. The van der Waals surface area contributed by atoms with Crippen LogP contribution >= 0.6 is 23.2 Å². The average Bonchev–Trinajstić information content (AvgIpc) is 2.55. The Morgan fingerprint density at radius 2 is 1.68 bits per heavy atom. The number of nitrogens with one attached hydrogen (secondary N) is 1. The molecule has 0 saturated carbocycles. The molecular weight excluding hydrogens is 387 g/mol. The van der Waals surface area contributed by atoms with Crippen molar-refractivity contribution in [3.63, 3.8) is 0 Å². The Kier molecular flexibility index (Phi) is 6.16. The van der Waals surface area contributed by atoms with Crippen LogP contribution < -0.4 is 14.4 Å². The topological polar surface area (TPSA) is 75.7 Å². The van der Waals surface area contributed by atoms with E-state index < -0.39 is 15.9 Å². The third kappa shape index (κ3) is 5.26. The van der Waals surface area contributed by atoms with E-state index in [9.17, 15) is 13.2 Å². The van der Waals surface area contributed by atoms with Gasteiger partial charge in [0.05, 0.1) is 27.7 Å². The molecule has 0 heterocycles. The van der Waals surface area contributed by atoms with Crippen LogP contribution in [0.4, 0.5) is 11.4 Å². The standard InChI is InChI=1S/C16H16Cl2N2O4S/c1-20(25(2,22)23)11-6-8-12(9-7-11)24-10-15(21)19-16-13(17)4-3-5-14(16)18/h3-9H,10H2,1-2H3,(H,19,21). The van der Waals surface area contributed by atoms with Crippen molar-refractivity contribution >= 4 is 50.5 Å². The van der Waals surface area contributed by atoms with E-state index in [0.717, 1.165) is 10.6 Å². The molecule has 0 unspecified atom stereocenters. The van der Waals surface area contributed by atoms with Crippen molar-refractivity contribution in [2.75, 3.05) is 29.5 Å². The second-order valence-electron chi connectivity index (χ2n) is 5.16. The van der Waals surface area contributed by atoms with Crippen LogP contribution in [-0.2, 0) is 14.8 Å². The maximum Gasteiger partial charge on any atom is 0.262 e. The molecule has 0 spiro atoms. The Morgan fingerprint density at radius 1 is 1.12 bits per heavy atom. The van der Waals surface area contributed by atoms with Crippen LogP contribution in [0.1, 0.15) is 0 Å². The predicted molar refractivity (Wildman–Crippen MR) is 100 cm³/mol. The first-order valence-corrected chi connectivity index (χ1v) is 9.69. The molecule has 0 aromatic heterocycles. The second kappa shape index (κ2) is 7.95. The molecule has 1 amide bonds. The molecule has 0 aliphatic carbocycles. The lowest BCUT2D eigenvalue weighted by molar-refractivity contribution is -0.118. The van der Waals surface area contributed by atoms with Crippen molar-refractivity contribution in [2.24, 2.45) is 0 Å². The zero-order valence-electron chi connectivity index (χ0n) is 13.5. The summed E-state index contributed by atoms with van der Waals surface area (Å²) in [5.41, 5.74) is 0.812. The molecule has 2 aromatic carbocycles. The number of anilines is 2. The first-order chi connectivity index (χ1) is 11.7. The molecule has 0 aliphatic rings. The van der Waals surface area contributed by atoms with Crippen LogP contribution in [0.25, 0.3) is 0 Å². The average molecular weight is 403 g/mol. The van der Waals surface area contributed by atoms with Gasteiger partial charge in [-0.25, -0.2) is 8.42 Å². The number of rotatable bonds is 6. The molecule has 0 atom stereocenters. The van der Waals surface area contributed by atoms with Gasteiger partial charge >= 0.3 is 0 Å². The van der Waals surface area contributed by atoms with Gasteiger partial charge in [-0.05, 0) is 36.4 Å². The number of hydrogen-bond donors (Lipinski definition) is 1. The Morgan fingerprint density at radius 3 is 2.20 bits per heavy atom. The summed E-state index contributed by atoms with van der Waals surface area (Å²) in [5.74, 6) is -0.00149. The summed E-state index contributed by atoms with van der Waals surface area (Å²) in [7, 11) is -1.88. The molecule has 1 N–H and O–H groups in total. The molecule has 9 heteroatoms. The molecule has 2 rings (SSSR count). The van der Waals surface area contributed by atoms with E-state index in [4.69, 9.17) is 27.9 Å². The first kappa shape index (κ1) is 19.4. The van der Waals surface area contributed by atoms with E-state index in [1.165, 1.54) is 7.05 Å². The Labute approximate surface area is 156 Å². The number of carbonyl (C=O) groups excluding carboxylic acids is 1. The SMILES string of the molecule is CN(c1ccc(OCC(=O)Nc2c(Cl)cccc2Cl)cc1)S(C)(=O)=O. The van der Waals surface area contributed by atoms with Crippen LogP contribution in [0.15, 0.2) is 42.5 Å². The molecule has 25 heavy (non-hydrogen) atoms. The number of carbonyl (C=O) groups is 1. The van der Waals surface area contributed by atoms with Crippen LogP contribution in [0.5, 0.6) is 5.75 Å². The summed E-state index contributed by atoms with van der Waals surface area (Å²) < 4.78 is 29.5. The smallest absolute Gasteiger partial charge is 0.262 e. The van der Waals surface area contributed by atoms with Crippen molar-refractivity contribution in [3.8, 4) is 5.75 Å². The minimum atomic E-state index is -3.33. The van der Waals surface area contributed by atoms with E-state index in [1.54, 1.807) is 42.5 Å². The van der Waals surface area contributed by atoms with E-state index in [0.29, 0.717) is 27.2 Å². The van der Waals surface area contributed by atoms with Crippen LogP contribution in [-0.4, -0.2) is 34.2 Å². The highest BCUT2D eigenvalue weighted by Gasteiger charge is 2.13. The van der Waals surface area contributed by atoms with Gasteiger partial charge in [0.25, 0.3) is 5.91 Å². The molecule has 0 saturated heterocycles. The van der Waals surface area contributed by atoms with E-state index >= 15 is 0 Å². The predicted octanol–water partition coefficient (Wildman–Crippen LogP) is 3.41. The van der Waals surface area contributed by atoms with Gasteiger partial charge in [-0.2, -0.15) is 0 Å². The van der Waals surface area contributed by atoms with E-state index in [2.05, 4.69) is 5.32 Å². The maximum atomic E-state index is 12.0. The maximum absolute atomic E-state index is 12.0. The van der Waals surface area contributed by atoms with Gasteiger partial charge in [-0.3, -0.25) is 9.10 Å². The van der Waals surface area contributed by atoms with Crippen LogP contribution in [0, 0.1) is 0 Å². The summed E-state index contributed by atoms with van der Waals surface area (Å²) >= 11 is 12.0. The van der Waals surface area contributed by atoms with Gasteiger partial charge in [0, 0.05) is 7.05 Å². The zero-order valence-corrected chi connectivity index (χ0v) is 15.8. The molecule has 134 valence electrons. The number of para-hydroxylation sites is 1. The van der Waals surface area contributed by atoms with Gasteiger partial charge in [0.1, 0.15) is 5.75 Å². The molecular formula is C16H16Cl2N2O4S. The largest absolute Gasteiger partial charge is 0.484 e. The van der Waals surface area contributed by atoms with Crippen molar-refractivity contribution in [2.45, 2.75) is 0 Å². The minimum absolute atomic E-state index is 0.247. The van der Waals surface area contributed by atoms with E-state index in [-0.39, 0.29) is 6.61 Å². The minimum Gasteiger partial charge on any atom is -0.484 e. The highest BCUT2D eigenvalue weighted by atomic mass is 35.5. The molecule has 2 aromatic rings. The van der Waals surface area contributed by atoms with E-state index in [1.807, 2.05) is 0 Å². The highest BCUT2D eigenvalue weighted by Crippen LogP contribution is 2.29. The zero-order chi connectivity index (χ0) is 18.6. The Bertz CT molecular complexity index is 850. The van der Waals surface area contributed by atoms with Gasteiger partial charge < -0.3 is 10.1 Å². The fraction of sp³-hybridized carbons (Fsp3) is 0.188. The fourth-order valence-corrected chi connectivity index (χ4v) is 2.88. The lowest BCUT2D eigenvalue weighted by atomic mass is 10.3. The highest BCUT2D eigenvalue weighted by molar-refractivity contribution is 7.92. The lowest BCUT2D eigenvalue weighted by Crippen LogP contribution is -2.24. The summed E-state index contributed by atoms with van der Waals surface area (Å²) in [6.45, 7) is -0.247. The quantitative estimate of drug-likeness (QED) is 0.802. The molecule has 0 radical (unpaired) electrons. The van der Waals surface area contributed by atoms with Gasteiger partial charge in [-0.1, -0.05) is 29.3 Å². The normalized spacial score (nSPS) is 11.0. The third-order valence-electron chi connectivity index (χ3n) is 3.29. The van der Waals surface area contributed by atoms with Crippen molar-refractivity contribution in [1.29, 1.82) is 0 Å². The summed E-state index contributed by atoms with van der Waals surface area (Å²) in [6, 6.07) is 11.2. The Balaban J connectivity index is 1.96. The lowest BCUT2D eigenvalue weighted by Gasteiger charge is -2.16. The number of ether oxygens (including phenoxy) is 1. The van der Waals surface area contributed by atoms with Gasteiger partial charge in [-0.15, -0.1) is 0 Å². The van der Waals surface area contributed by atoms with Gasteiger partial charge in [0.2, 0.25) is 10.0 Å². The number of amides is 1. The van der Waals surface area contributed by atoms with Crippen molar-refractivity contribution in [3.05, 3.63) is 52.5 Å². The monoisotopic (exact) mass is 402 g/mol. The number of halogens is 2. The van der Waals surface area contributed by atoms with Crippen molar-refractivity contribution < 1.29 is 17.9 Å². The van der Waals surface area contributed by atoms with Crippen molar-refractivity contribution in [1.82, 2.24) is 0 Å². The molecule has 0 bridgehead atoms. The molecule has 0 aliphatic heterocycles. The third-order valence-corrected chi connectivity index (χ3v) is 5.13. The van der Waals surface area contributed by atoms with Crippen LogP contribution in [0.2, 0.25) is 10.0 Å². The fourth-order valence-electron chi connectivity index (χ4n) is 1.89.